The number of pyridine rings is 2. The number of aryl methyl sites for hydroxylation is 1. The minimum absolute atomic E-state index is 0.120. The van der Waals surface area contributed by atoms with Crippen LogP contribution in [0.25, 0.3) is 22.5 Å². The summed E-state index contributed by atoms with van der Waals surface area (Å²) in [5.74, 6) is 0.120. The van der Waals surface area contributed by atoms with Gasteiger partial charge in [0.1, 0.15) is 17.4 Å². The summed E-state index contributed by atoms with van der Waals surface area (Å²) < 4.78 is 1.93. The van der Waals surface area contributed by atoms with Crippen LogP contribution < -0.4 is 5.73 Å². The van der Waals surface area contributed by atoms with Gasteiger partial charge in [-0.25, -0.2) is 9.97 Å². The molecular weight excluding hydrogens is 364 g/mol. The molecule has 0 bridgehead atoms. The molecule has 1 unspecified atom stereocenters. The first kappa shape index (κ1) is 20.2. The van der Waals surface area contributed by atoms with Crippen molar-refractivity contribution >= 4 is 17.4 Å². The summed E-state index contributed by atoms with van der Waals surface area (Å²) >= 11 is 0. The van der Waals surface area contributed by atoms with E-state index in [9.17, 15) is 10.4 Å². The van der Waals surface area contributed by atoms with Crippen LogP contribution in [0.4, 0.5) is 0 Å². The quantitative estimate of drug-likeness (QED) is 0.630. The molecule has 148 valence electrons. The zero-order valence-corrected chi connectivity index (χ0v) is 16.7. The Morgan fingerprint density at radius 2 is 2.14 bits per heavy atom. The zero-order valence-electron chi connectivity index (χ0n) is 16.7. The second-order valence-electron chi connectivity index (χ2n) is 7.20. The van der Waals surface area contributed by atoms with E-state index >= 15 is 0 Å². The molecule has 29 heavy (non-hydrogen) atoms. The first-order valence-corrected chi connectivity index (χ1v) is 9.40. The lowest BCUT2D eigenvalue weighted by Crippen LogP contribution is -2.18. The Labute approximate surface area is 169 Å². The third-order valence-electron chi connectivity index (χ3n) is 4.65. The van der Waals surface area contributed by atoms with E-state index in [2.05, 4.69) is 21.0 Å². The number of hydrogen-bond donors (Lipinski definition) is 2. The topological polar surface area (TPSA) is 113 Å². The van der Waals surface area contributed by atoms with Gasteiger partial charge in [-0.15, -0.1) is 0 Å². The molecule has 0 saturated carbocycles. The number of fused-ring (bicyclic) bond motifs is 1. The van der Waals surface area contributed by atoms with E-state index in [0.29, 0.717) is 17.0 Å². The van der Waals surface area contributed by atoms with Crippen molar-refractivity contribution in [2.75, 3.05) is 6.54 Å². The standard InChI is InChI=1S/C22H24N6O/c1-14(2)20(29)12-25-11-17(9-23)19-5-4-18(10-24)27-22(19)16-6-7-28-13-15(3)26-21(28)8-16/h4-9,11,13-14,20,29H,12,23H2,1-3H3. The second kappa shape index (κ2) is 8.67. The van der Waals surface area contributed by atoms with Crippen LogP contribution >= 0.6 is 0 Å². The Kier molecular flexibility index (Phi) is 6.05. The summed E-state index contributed by atoms with van der Waals surface area (Å²) in [6.45, 7) is 6.10. The van der Waals surface area contributed by atoms with Crippen LogP contribution in [0.1, 0.15) is 30.8 Å². The molecule has 3 N–H and O–H groups in total. The highest BCUT2D eigenvalue weighted by Gasteiger charge is 2.13. The van der Waals surface area contributed by atoms with Gasteiger partial charge >= 0.3 is 0 Å². The molecule has 0 aromatic carbocycles. The average molecular weight is 388 g/mol. The highest BCUT2D eigenvalue weighted by atomic mass is 16.3. The molecule has 3 aromatic rings. The molecule has 0 saturated heterocycles. The SMILES string of the molecule is Cc1cn2ccc(-c3nc(C#N)ccc3C(C=NCC(O)C(C)C)=CN)cc2n1. The Morgan fingerprint density at radius 1 is 1.34 bits per heavy atom. The molecule has 0 fully saturated rings. The van der Waals surface area contributed by atoms with Crippen molar-refractivity contribution in [2.45, 2.75) is 26.9 Å². The molecule has 0 aliphatic heterocycles. The molecule has 0 radical (unpaired) electrons. The highest BCUT2D eigenvalue weighted by molar-refractivity contribution is 6.11. The van der Waals surface area contributed by atoms with Crippen molar-refractivity contribution < 1.29 is 5.11 Å². The van der Waals surface area contributed by atoms with E-state index in [-0.39, 0.29) is 12.5 Å². The fraction of sp³-hybridized carbons (Fsp3) is 0.273. The van der Waals surface area contributed by atoms with Crippen LogP contribution in [-0.4, -0.2) is 38.3 Å². The maximum atomic E-state index is 9.96. The lowest BCUT2D eigenvalue weighted by molar-refractivity contribution is 0.134. The lowest BCUT2D eigenvalue weighted by atomic mass is 10.0. The summed E-state index contributed by atoms with van der Waals surface area (Å²) in [5.41, 5.74) is 10.7. The van der Waals surface area contributed by atoms with Gasteiger partial charge in [-0.05, 0) is 37.1 Å². The summed E-state index contributed by atoms with van der Waals surface area (Å²) in [7, 11) is 0. The third kappa shape index (κ3) is 4.50. The van der Waals surface area contributed by atoms with Crippen molar-refractivity contribution in [2.24, 2.45) is 16.6 Å². The molecule has 0 spiro atoms. The Hall–Kier alpha value is -3.50. The molecule has 0 aliphatic carbocycles. The number of nitriles is 1. The van der Waals surface area contributed by atoms with Crippen molar-refractivity contribution in [1.29, 1.82) is 5.26 Å². The summed E-state index contributed by atoms with van der Waals surface area (Å²) in [6, 6.07) is 9.39. The first-order valence-electron chi connectivity index (χ1n) is 9.40. The number of allylic oxidation sites excluding steroid dienone is 1. The van der Waals surface area contributed by atoms with Gasteiger partial charge in [-0.1, -0.05) is 13.8 Å². The van der Waals surface area contributed by atoms with Gasteiger partial charge in [0, 0.05) is 41.5 Å². The smallest absolute Gasteiger partial charge is 0.141 e. The fourth-order valence-corrected chi connectivity index (χ4v) is 2.90. The minimum Gasteiger partial charge on any atom is -0.404 e. The molecule has 0 aliphatic rings. The minimum atomic E-state index is -0.519. The van der Waals surface area contributed by atoms with Crippen LogP contribution in [0.3, 0.4) is 0 Å². The van der Waals surface area contributed by atoms with Gasteiger partial charge < -0.3 is 15.2 Å². The normalized spacial score (nSPS) is 13.3. The van der Waals surface area contributed by atoms with Gasteiger partial charge in [0.25, 0.3) is 0 Å². The van der Waals surface area contributed by atoms with Gasteiger partial charge in [0.05, 0.1) is 24.0 Å². The van der Waals surface area contributed by atoms with Gasteiger partial charge in [-0.3, -0.25) is 4.99 Å². The number of nitrogens with zero attached hydrogens (tertiary/aromatic N) is 5. The number of hydrogen-bond acceptors (Lipinski definition) is 6. The Balaban J connectivity index is 2.04. The largest absolute Gasteiger partial charge is 0.404 e. The maximum absolute atomic E-state index is 9.96. The summed E-state index contributed by atoms with van der Waals surface area (Å²) in [6.07, 6.45) is 6.42. The predicted molar refractivity (Wildman–Crippen MR) is 114 cm³/mol. The summed E-state index contributed by atoms with van der Waals surface area (Å²) in [5, 5.41) is 19.3. The van der Waals surface area contributed by atoms with E-state index in [4.69, 9.17) is 5.73 Å². The van der Waals surface area contributed by atoms with Crippen molar-refractivity contribution in [3.63, 3.8) is 0 Å². The molecule has 7 heteroatoms. The monoisotopic (exact) mass is 388 g/mol. The predicted octanol–water partition coefficient (Wildman–Crippen LogP) is 2.96. The molecule has 3 heterocycles. The third-order valence-corrected chi connectivity index (χ3v) is 4.65. The molecule has 3 aromatic heterocycles. The lowest BCUT2D eigenvalue weighted by Gasteiger charge is -2.12. The molecule has 1 atom stereocenters. The van der Waals surface area contributed by atoms with Crippen LogP contribution in [0, 0.1) is 24.2 Å². The molecule has 0 amide bonds. The van der Waals surface area contributed by atoms with Crippen molar-refractivity contribution in [3.8, 4) is 17.3 Å². The van der Waals surface area contributed by atoms with Gasteiger partial charge in [-0.2, -0.15) is 5.26 Å². The first-order chi connectivity index (χ1) is 13.9. The molecular formula is C22H24N6O. The van der Waals surface area contributed by atoms with E-state index in [1.54, 1.807) is 12.3 Å². The van der Waals surface area contributed by atoms with Crippen molar-refractivity contribution in [1.82, 2.24) is 14.4 Å². The van der Waals surface area contributed by atoms with E-state index in [1.807, 2.05) is 55.8 Å². The Morgan fingerprint density at radius 3 is 2.83 bits per heavy atom. The molecule has 7 nitrogen and oxygen atoms in total. The van der Waals surface area contributed by atoms with E-state index in [1.165, 1.54) is 6.20 Å². The summed E-state index contributed by atoms with van der Waals surface area (Å²) in [4.78, 5) is 13.3. The van der Waals surface area contributed by atoms with Gasteiger partial charge in [0.2, 0.25) is 0 Å². The van der Waals surface area contributed by atoms with E-state index < -0.39 is 6.10 Å². The van der Waals surface area contributed by atoms with Crippen LogP contribution in [0.15, 0.2) is 47.9 Å². The molecule has 3 rings (SSSR count). The maximum Gasteiger partial charge on any atom is 0.141 e. The van der Waals surface area contributed by atoms with E-state index in [0.717, 1.165) is 22.5 Å². The number of aromatic nitrogens is 3. The van der Waals surface area contributed by atoms with Gasteiger partial charge in [0.15, 0.2) is 0 Å². The Bertz CT molecular complexity index is 1120. The zero-order chi connectivity index (χ0) is 21.0. The number of rotatable bonds is 6. The van der Waals surface area contributed by atoms with Crippen molar-refractivity contribution in [3.05, 3.63) is 59.8 Å². The van der Waals surface area contributed by atoms with Crippen LogP contribution in [-0.2, 0) is 0 Å². The number of nitrogens with two attached hydrogens (primary N) is 1. The van der Waals surface area contributed by atoms with Crippen LogP contribution in [0.2, 0.25) is 0 Å². The number of aliphatic imine (C=N–C) groups is 1. The fourth-order valence-electron chi connectivity index (χ4n) is 2.90. The second-order valence-corrected chi connectivity index (χ2v) is 7.20. The number of aliphatic hydroxyl groups excluding tert-OH is 1. The highest BCUT2D eigenvalue weighted by Crippen LogP contribution is 2.27. The average Bonchev–Trinajstić information content (AvgIpc) is 3.09. The number of imidazole rings is 1. The number of aliphatic hydroxyl groups is 1. The van der Waals surface area contributed by atoms with Crippen LogP contribution in [0.5, 0.6) is 0 Å².